The van der Waals surface area contributed by atoms with Crippen LogP contribution in [0.5, 0.6) is 0 Å². The van der Waals surface area contributed by atoms with E-state index in [4.69, 9.17) is 37.0 Å². The van der Waals surface area contributed by atoms with Gasteiger partial charge < -0.3 is 33.8 Å². The molecule has 0 aromatic heterocycles. The van der Waals surface area contributed by atoms with Crippen molar-refractivity contribution in [2.45, 2.75) is 330 Å². The Kier molecular flexibility index (Phi) is 57.2. The van der Waals surface area contributed by atoms with Crippen molar-refractivity contribution in [3.05, 3.63) is 24.3 Å². The monoisotopic (exact) mass is 1260 g/mol. The highest BCUT2D eigenvalue weighted by Crippen LogP contribution is 2.45. The SMILES string of the molecule is CCCCCC/C=C\C=C/CCCCCCCC(=O)O[C@H](COC(=O)CCCCCCCCCCCC(C)C)COP(=O)(O)OC[C@@H](O)COP(=O)(O)OC[C@@H](COC(=O)CCCCCCCCC)OC(=O)CCCCCCCCCCC(C)CC. The van der Waals surface area contributed by atoms with Crippen molar-refractivity contribution >= 4 is 39.5 Å². The molecular formula is C67H126O17P2. The third kappa shape index (κ3) is 59.2. The van der Waals surface area contributed by atoms with Crippen LogP contribution in [0.25, 0.3) is 0 Å². The van der Waals surface area contributed by atoms with Gasteiger partial charge >= 0.3 is 39.5 Å². The topological polar surface area (TPSA) is 237 Å². The quantitative estimate of drug-likeness (QED) is 0.0169. The summed E-state index contributed by atoms with van der Waals surface area (Å²) in [7, 11) is -9.90. The summed E-state index contributed by atoms with van der Waals surface area (Å²) >= 11 is 0. The molecule has 3 N–H and O–H groups in total. The molecule has 0 saturated heterocycles. The third-order valence-electron chi connectivity index (χ3n) is 15.2. The Morgan fingerprint density at radius 2 is 0.686 bits per heavy atom. The van der Waals surface area contributed by atoms with Gasteiger partial charge in [0, 0.05) is 25.7 Å². The van der Waals surface area contributed by atoms with Gasteiger partial charge in [-0.1, -0.05) is 258 Å². The van der Waals surface area contributed by atoms with E-state index in [0.29, 0.717) is 25.7 Å². The van der Waals surface area contributed by atoms with Crippen LogP contribution in [0.15, 0.2) is 24.3 Å². The van der Waals surface area contributed by atoms with Crippen molar-refractivity contribution in [3.8, 4) is 0 Å². The maximum atomic E-state index is 13.0. The molecule has 0 heterocycles. The van der Waals surface area contributed by atoms with Gasteiger partial charge in [0.15, 0.2) is 12.2 Å². The molecule has 0 spiro atoms. The molecule has 0 aromatic rings. The lowest BCUT2D eigenvalue weighted by Crippen LogP contribution is -2.30. The largest absolute Gasteiger partial charge is 0.472 e. The number of ether oxygens (including phenoxy) is 4. The molecule has 0 aliphatic carbocycles. The van der Waals surface area contributed by atoms with E-state index in [1.165, 1.54) is 103 Å². The summed E-state index contributed by atoms with van der Waals surface area (Å²) in [4.78, 5) is 72.2. The number of phosphoric ester groups is 2. The number of allylic oxidation sites excluding steroid dienone is 4. The van der Waals surface area contributed by atoms with E-state index in [1.807, 2.05) is 0 Å². The van der Waals surface area contributed by atoms with Crippen LogP contribution in [0.1, 0.15) is 311 Å². The fourth-order valence-corrected chi connectivity index (χ4v) is 11.1. The summed E-state index contributed by atoms with van der Waals surface area (Å²) in [5.74, 6) is -0.656. The minimum absolute atomic E-state index is 0.0843. The minimum atomic E-state index is -4.96. The number of carbonyl (C=O) groups is 4. The van der Waals surface area contributed by atoms with Gasteiger partial charge in [-0.15, -0.1) is 0 Å². The van der Waals surface area contributed by atoms with Crippen molar-refractivity contribution in [3.63, 3.8) is 0 Å². The molecule has 0 aliphatic rings. The Hall–Kier alpha value is -2.46. The number of phosphoric acid groups is 2. The molecule has 0 rings (SSSR count). The molecule has 86 heavy (non-hydrogen) atoms. The molecule has 0 aliphatic heterocycles. The summed E-state index contributed by atoms with van der Waals surface area (Å²) in [6.07, 6.45) is 45.3. The van der Waals surface area contributed by atoms with E-state index in [-0.39, 0.29) is 25.7 Å². The average molecular weight is 1270 g/mol. The number of aliphatic hydroxyl groups is 1. The lowest BCUT2D eigenvalue weighted by Gasteiger charge is -2.21. The van der Waals surface area contributed by atoms with E-state index in [2.05, 4.69) is 65.8 Å². The second kappa shape index (κ2) is 58.9. The molecule has 0 aromatic carbocycles. The van der Waals surface area contributed by atoms with Crippen LogP contribution >= 0.6 is 15.6 Å². The fraction of sp³-hybridized carbons (Fsp3) is 0.881. The zero-order chi connectivity index (χ0) is 63.6. The highest BCUT2D eigenvalue weighted by atomic mass is 31.2. The van der Waals surface area contributed by atoms with Gasteiger partial charge in [-0.25, -0.2) is 9.13 Å². The Morgan fingerprint density at radius 1 is 0.384 bits per heavy atom. The first-order valence-electron chi connectivity index (χ1n) is 34.3. The molecule has 0 fully saturated rings. The summed E-state index contributed by atoms with van der Waals surface area (Å²) in [6.45, 7) is 9.38. The van der Waals surface area contributed by atoms with Crippen molar-refractivity contribution < 1.29 is 80.2 Å². The van der Waals surface area contributed by atoms with Gasteiger partial charge in [0.25, 0.3) is 0 Å². The van der Waals surface area contributed by atoms with Crippen molar-refractivity contribution in [1.29, 1.82) is 0 Å². The Morgan fingerprint density at radius 3 is 1.05 bits per heavy atom. The first-order chi connectivity index (χ1) is 41.4. The predicted octanol–water partition coefficient (Wildman–Crippen LogP) is 18.4. The number of hydrogen-bond donors (Lipinski definition) is 3. The smallest absolute Gasteiger partial charge is 0.462 e. The molecule has 0 radical (unpaired) electrons. The van der Waals surface area contributed by atoms with Crippen LogP contribution in [-0.4, -0.2) is 96.7 Å². The molecule has 6 atom stereocenters. The fourth-order valence-electron chi connectivity index (χ4n) is 9.49. The Balaban J connectivity index is 5.26. The second-order valence-electron chi connectivity index (χ2n) is 24.2. The van der Waals surface area contributed by atoms with Crippen LogP contribution in [0, 0.1) is 11.8 Å². The van der Waals surface area contributed by atoms with Crippen LogP contribution < -0.4 is 0 Å². The maximum Gasteiger partial charge on any atom is 0.472 e. The standard InChI is InChI=1S/C67H126O17P2/c1-7-10-12-14-16-17-18-19-20-21-22-25-33-39-45-51-66(71)83-63(56-78-65(70)50-44-38-32-26-23-24-30-35-41-47-59(4)5)58-82-86(75,76)80-54-61(68)53-79-85(73,74)81-57-62(55-77-64(69)49-43-37-29-15-13-11-8-2)84-67(72)52-46-40-34-28-27-31-36-42-48-60(6)9-3/h17-20,59-63,68H,7-16,21-58H2,1-6H3,(H,73,74)(H,75,76)/b18-17-,20-19-/t60?,61-,62+,63+/m0/s1. The molecule has 19 heteroatoms. The minimum Gasteiger partial charge on any atom is -0.462 e. The van der Waals surface area contributed by atoms with Gasteiger partial charge in [-0.3, -0.25) is 37.3 Å². The van der Waals surface area contributed by atoms with E-state index < -0.39 is 97.5 Å². The van der Waals surface area contributed by atoms with Crippen LogP contribution in [0.4, 0.5) is 0 Å². The van der Waals surface area contributed by atoms with Gasteiger partial charge in [0.1, 0.15) is 19.3 Å². The number of aliphatic hydroxyl groups excluding tert-OH is 1. The van der Waals surface area contributed by atoms with Crippen molar-refractivity contribution in [2.75, 3.05) is 39.6 Å². The molecule has 0 saturated carbocycles. The molecule has 0 amide bonds. The van der Waals surface area contributed by atoms with Crippen LogP contribution in [-0.2, 0) is 65.4 Å². The van der Waals surface area contributed by atoms with Crippen molar-refractivity contribution in [1.82, 2.24) is 0 Å². The summed E-state index contributed by atoms with van der Waals surface area (Å²) in [5.41, 5.74) is 0. The predicted molar refractivity (Wildman–Crippen MR) is 344 cm³/mol. The number of rotatable bonds is 64. The first kappa shape index (κ1) is 83.5. The number of hydrogen-bond acceptors (Lipinski definition) is 15. The number of esters is 4. The lowest BCUT2D eigenvalue weighted by atomic mass is 9.99. The number of carbonyl (C=O) groups excluding carboxylic acids is 4. The normalized spacial score (nSPS) is 14.7. The zero-order valence-electron chi connectivity index (χ0n) is 55.1. The molecular weight excluding hydrogens is 1140 g/mol. The van der Waals surface area contributed by atoms with Gasteiger partial charge in [0.05, 0.1) is 26.4 Å². The van der Waals surface area contributed by atoms with E-state index in [0.717, 1.165) is 127 Å². The molecule has 3 unspecified atom stereocenters. The van der Waals surface area contributed by atoms with Gasteiger partial charge in [-0.05, 0) is 63.2 Å². The van der Waals surface area contributed by atoms with E-state index in [1.54, 1.807) is 0 Å². The van der Waals surface area contributed by atoms with Gasteiger partial charge in [-0.2, -0.15) is 0 Å². The Bertz CT molecular complexity index is 1780. The highest BCUT2D eigenvalue weighted by Gasteiger charge is 2.30. The van der Waals surface area contributed by atoms with Gasteiger partial charge in [0.2, 0.25) is 0 Å². The summed E-state index contributed by atoms with van der Waals surface area (Å²) < 4.78 is 68.0. The summed E-state index contributed by atoms with van der Waals surface area (Å²) in [6, 6.07) is 0. The molecule has 17 nitrogen and oxygen atoms in total. The average Bonchev–Trinajstić information content (AvgIpc) is 3.69. The second-order valence-corrected chi connectivity index (χ2v) is 27.1. The molecule has 0 bridgehead atoms. The maximum absolute atomic E-state index is 13.0. The zero-order valence-corrected chi connectivity index (χ0v) is 56.9. The van der Waals surface area contributed by atoms with Crippen LogP contribution in [0.3, 0.4) is 0 Å². The number of unbranched alkanes of at least 4 members (excludes halogenated alkanes) is 30. The Labute approximate surface area is 522 Å². The third-order valence-corrected chi connectivity index (χ3v) is 17.1. The lowest BCUT2D eigenvalue weighted by molar-refractivity contribution is -0.161. The van der Waals surface area contributed by atoms with Crippen molar-refractivity contribution in [2.24, 2.45) is 11.8 Å². The van der Waals surface area contributed by atoms with Crippen LogP contribution in [0.2, 0.25) is 0 Å². The highest BCUT2D eigenvalue weighted by molar-refractivity contribution is 7.47. The van der Waals surface area contributed by atoms with E-state index in [9.17, 15) is 43.2 Å². The van der Waals surface area contributed by atoms with E-state index >= 15 is 0 Å². The first-order valence-corrected chi connectivity index (χ1v) is 37.3. The molecule has 506 valence electrons. The summed E-state index contributed by atoms with van der Waals surface area (Å²) in [5, 5.41) is 10.5.